The summed E-state index contributed by atoms with van der Waals surface area (Å²) in [4.78, 5) is 6.69. The molecule has 0 atom stereocenters. The van der Waals surface area contributed by atoms with Crippen LogP contribution in [0.25, 0.3) is 0 Å². The summed E-state index contributed by atoms with van der Waals surface area (Å²) in [5, 5.41) is 0. The van der Waals surface area contributed by atoms with E-state index in [2.05, 4.69) is 9.97 Å². The van der Waals surface area contributed by atoms with E-state index in [4.69, 9.17) is 11.6 Å². The molecule has 1 rings (SSSR count). The molecule has 0 saturated carbocycles. The Morgan fingerprint density at radius 3 is 3.00 bits per heavy atom. The zero-order valence-corrected chi connectivity index (χ0v) is 4.44. The highest BCUT2D eigenvalue weighted by Gasteiger charge is 1.84. The lowest BCUT2D eigenvalue weighted by molar-refractivity contribution is 1.12. The van der Waals surface area contributed by atoms with E-state index >= 15 is 0 Å². The highest BCUT2D eigenvalue weighted by Crippen LogP contribution is 1.91. The summed E-state index contributed by atoms with van der Waals surface area (Å²) >= 11 is 5.37. The van der Waals surface area contributed by atoms with Gasteiger partial charge in [0.25, 0.3) is 0 Å². The summed E-state index contributed by atoms with van der Waals surface area (Å²) in [6.45, 7) is 0. The fourth-order valence-electron chi connectivity index (χ4n) is 0.371. The molecule has 38 valence electrons. The van der Waals surface area contributed by atoms with Crippen LogP contribution in [0, 0.1) is 0 Å². The van der Waals surface area contributed by atoms with Crippen LogP contribution in [-0.2, 0) is 5.88 Å². The van der Waals surface area contributed by atoms with Gasteiger partial charge in [-0.05, 0) is 0 Å². The molecule has 0 saturated heterocycles. The van der Waals surface area contributed by atoms with Gasteiger partial charge < -0.3 is 4.98 Å². The van der Waals surface area contributed by atoms with Gasteiger partial charge in [0.15, 0.2) is 0 Å². The first kappa shape index (κ1) is 4.65. The van der Waals surface area contributed by atoms with Crippen molar-refractivity contribution in [1.29, 1.82) is 0 Å². The predicted octanol–water partition coefficient (Wildman–Crippen LogP) is 1.15. The number of aromatic nitrogens is 2. The number of hydrogen-bond donors (Lipinski definition) is 1. The van der Waals surface area contributed by atoms with Crippen LogP contribution < -0.4 is 0 Å². The number of H-pyrrole nitrogens is 1. The van der Waals surface area contributed by atoms with Crippen molar-refractivity contribution >= 4 is 11.6 Å². The molecule has 0 aliphatic rings. The summed E-state index contributed by atoms with van der Waals surface area (Å²) < 4.78 is 0. The Hall–Kier alpha value is -0.500. The van der Waals surface area contributed by atoms with E-state index in [-0.39, 0.29) is 0 Å². The predicted molar refractivity (Wildman–Crippen MR) is 28.1 cm³/mol. The summed E-state index contributed by atoms with van der Waals surface area (Å²) in [5.41, 5.74) is 0. The lowest BCUT2D eigenvalue weighted by Crippen LogP contribution is -1.76. The first-order chi connectivity index (χ1) is 3.43. The van der Waals surface area contributed by atoms with Crippen molar-refractivity contribution in [3.63, 3.8) is 0 Å². The Kier molecular flexibility index (Phi) is 1.32. The van der Waals surface area contributed by atoms with E-state index in [1.54, 1.807) is 12.4 Å². The molecule has 0 amide bonds. The van der Waals surface area contributed by atoms with Crippen LogP contribution in [-0.4, -0.2) is 9.97 Å². The van der Waals surface area contributed by atoms with Crippen LogP contribution in [0.3, 0.4) is 0 Å². The Morgan fingerprint density at radius 1 is 1.86 bits per heavy atom. The number of nitrogens with zero attached hydrogens (tertiary/aromatic N) is 1. The molecule has 0 bridgehead atoms. The highest BCUT2D eigenvalue weighted by molar-refractivity contribution is 6.16. The number of aromatic amines is 1. The molecule has 0 aromatic carbocycles. The maximum absolute atomic E-state index is 5.37. The van der Waals surface area contributed by atoms with E-state index in [0.29, 0.717) is 5.88 Å². The third kappa shape index (κ3) is 0.933. The molecule has 1 aromatic heterocycles. The van der Waals surface area contributed by atoms with Gasteiger partial charge in [-0.25, -0.2) is 4.98 Å². The maximum Gasteiger partial charge on any atom is 0.120 e. The summed E-state index contributed by atoms with van der Waals surface area (Å²) in [6, 6.07) is 0. The van der Waals surface area contributed by atoms with Gasteiger partial charge in [0.05, 0.1) is 5.88 Å². The Labute approximate surface area is 46.5 Å². The van der Waals surface area contributed by atoms with Crippen LogP contribution in [0.5, 0.6) is 0 Å². The number of rotatable bonds is 1. The van der Waals surface area contributed by atoms with Crippen molar-refractivity contribution in [3.05, 3.63) is 18.2 Å². The fraction of sp³-hybridized carbons (Fsp3) is 0.250. The fourth-order valence-corrected chi connectivity index (χ4v) is 0.517. The Bertz CT molecular complexity index is 124. The first-order valence-corrected chi connectivity index (χ1v) is 2.51. The van der Waals surface area contributed by atoms with E-state index in [1.807, 2.05) is 0 Å². The van der Waals surface area contributed by atoms with Gasteiger partial charge in [-0.1, -0.05) is 0 Å². The van der Waals surface area contributed by atoms with Crippen LogP contribution in [0.15, 0.2) is 12.4 Å². The molecular weight excluding hydrogens is 112 g/mol. The van der Waals surface area contributed by atoms with Crippen LogP contribution in [0.4, 0.5) is 0 Å². The molecule has 7 heavy (non-hydrogen) atoms. The van der Waals surface area contributed by atoms with Crippen LogP contribution in [0.2, 0.25) is 0 Å². The average Bonchev–Trinajstić information content (AvgIpc) is 2.14. The van der Waals surface area contributed by atoms with Crippen molar-refractivity contribution in [3.8, 4) is 0 Å². The van der Waals surface area contributed by atoms with Gasteiger partial charge in [0.2, 0.25) is 0 Å². The second-order valence-corrected chi connectivity index (χ2v) is 1.44. The zero-order valence-electron chi connectivity index (χ0n) is 3.69. The molecule has 2 nitrogen and oxygen atoms in total. The van der Waals surface area contributed by atoms with Gasteiger partial charge in [-0.15, -0.1) is 11.6 Å². The van der Waals surface area contributed by atoms with Gasteiger partial charge in [0.1, 0.15) is 5.82 Å². The molecule has 0 fully saturated rings. The summed E-state index contributed by atoms with van der Waals surface area (Å²) in [6.07, 6.45) is 3.43. The molecule has 1 heterocycles. The molecule has 0 radical (unpaired) electrons. The quantitative estimate of drug-likeness (QED) is 0.548. The van der Waals surface area contributed by atoms with Gasteiger partial charge in [0, 0.05) is 12.4 Å². The van der Waals surface area contributed by atoms with Crippen molar-refractivity contribution in [2.45, 2.75) is 5.88 Å². The highest BCUT2D eigenvalue weighted by atomic mass is 35.5. The minimum Gasteiger partial charge on any atom is -0.348 e. The molecular formula is C4H5ClN2. The number of alkyl halides is 1. The third-order valence-electron chi connectivity index (χ3n) is 0.681. The monoisotopic (exact) mass is 116 g/mol. The molecule has 1 N–H and O–H groups in total. The molecule has 0 aliphatic heterocycles. The molecule has 0 unspecified atom stereocenters. The Morgan fingerprint density at radius 2 is 2.71 bits per heavy atom. The number of imidazole rings is 1. The van der Waals surface area contributed by atoms with Gasteiger partial charge >= 0.3 is 0 Å². The molecule has 0 spiro atoms. The second-order valence-electron chi connectivity index (χ2n) is 1.17. The lowest BCUT2D eigenvalue weighted by Gasteiger charge is -1.77. The standard InChI is InChI=1S/C4H5ClN2/c5-3-4-6-1-2-7-4/h1-2H,3H2,(H,6,7). The van der Waals surface area contributed by atoms with Crippen molar-refractivity contribution in [1.82, 2.24) is 9.97 Å². The van der Waals surface area contributed by atoms with Gasteiger partial charge in [-0.3, -0.25) is 0 Å². The number of halogens is 1. The number of nitrogens with one attached hydrogen (secondary N) is 1. The summed E-state index contributed by atoms with van der Waals surface area (Å²) in [7, 11) is 0. The normalized spacial score (nSPS) is 9.29. The first-order valence-electron chi connectivity index (χ1n) is 1.97. The van der Waals surface area contributed by atoms with Crippen LogP contribution >= 0.6 is 11.6 Å². The minimum atomic E-state index is 0.465. The minimum absolute atomic E-state index is 0.465. The smallest absolute Gasteiger partial charge is 0.120 e. The maximum atomic E-state index is 5.37. The molecule has 1 aromatic rings. The van der Waals surface area contributed by atoms with Gasteiger partial charge in [-0.2, -0.15) is 0 Å². The summed E-state index contributed by atoms with van der Waals surface area (Å²) in [5.74, 6) is 1.29. The molecule has 3 heteroatoms. The average molecular weight is 117 g/mol. The second kappa shape index (κ2) is 1.98. The van der Waals surface area contributed by atoms with Crippen LogP contribution in [0.1, 0.15) is 5.82 Å². The van der Waals surface area contributed by atoms with Crippen molar-refractivity contribution in [2.24, 2.45) is 0 Å². The molecule has 0 aliphatic carbocycles. The van der Waals surface area contributed by atoms with Crippen molar-refractivity contribution < 1.29 is 0 Å². The van der Waals surface area contributed by atoms with E-state index in [1.165, 1.54) is 0 Å². The van der Waals surface area contributed by atoms with E-state index in [9.17, 15) is 0 Å². The topological polar surface area (TPSA) is 28.7 Å². The van der Waals surface area contributed by atoms with E-state index in [0.717, 1.165) is 5.82 Å². The third-order valence-corrected chi connectivity index (χ3v) is 0.935. The SMILES string of the molecule is ClCc1ncc[nH]1. The largest absolute Gasteiger partial charge is 0.348 e. The number of hydrogen-bond acceptors (Lipinski definition) is 1. The zero-order chi connectivity index (χ0) is 5.11. The van der Waals surface area contributed by atoms with Crippen molar-refractivity contribution in [2.75, 3.05) is 0 Å². The van der Waals surface area contributed by atoms with E-state index < -0.39 is 0 Å². The lowest BCUT2D eigenvalue weighted by atomic mass is 10.7. The Balaban J connectivity index is 2.76.